The van der Waals surface area contributed by atoms with E-state index in [0.29, 0.717) is 18.1 Å². The Balaban J connectivity index is 1.97. The molecule has 31 heavy (non-hydrogen) atoms. The third kappa shape index (κ3) is 4.04. The molecule has 0 fully saturated rings. The SMILES string of the molecule is CCNC(=S)N1c2ccccc2NC2=C(C(=O)CC(C)(C)C2)[C@@H]1c1ccc(OC)cc1. The number of hydrogen-bond acceptors (Lipinski definition) is 4. The number of benzene rings is 2. The minimum absolute atomic E-state index is 0.0976. The number of Topliss-reactive ketones (excluding diaryl/α,β-unsaturated/α-hetero) is 1. The zero-order chi connectivity index (χ0) is 22.2. The first-order valence-corrected chi connectivity index (χ1v) is 11.1. The number of methoxy groups -OCH3 is 1. The monoisotopic (exact) mass is 435 g/mol. The fraction of sp³-hybridized carbons (Fsp3) is 0.360. The van der Waals surface area contributed by atoms with Crippen molar-refractivity contribution in [1.29, 1.82) is 0 Å². The van der Waals surface area contributed by atoms with E-state index in [4.69, 9.17) is 17.0 Å². The number of allylic oxidation sites excluding steroid dienone is 1. The van der Waals surface area contributed by atoms with Crippen LogP contribution in [0.5, 0.6) is 5.75 Å². The van der Waals surface area contributed by atoms with Gasteiger partial charge >= 0.3 is 0 Å². The molecule has 0 unspecified atom stereocenters. The van der Waals surface area contributed by atoms with Crippen LogP contribution in [0.2, 0.25) is 0 Å². The second-order valence-corrected chi connectivity index (χ2v) is 9.24. The third-order valence-corrected chi connectivity index (χ3v) is 6.22. The first-order valence-electron chi connectivity index (χ1n) is 10.7. The highest BCUT2D eigenvalue weighted by Gasteiger charge is 2.42. The van der Waals surface area contributed by atoms with Crippen molar-refractivity contribution < 1.29 is 9.53 Å². The Bertz CT molecular complexity index is 1040. The van der Waals surface area contributed by atoms with Crippen molar-refractivity contribution in [3.63, 3.8) is 0 Å². The summed E-state index contributed by atoms with van der Waals surface area (Å²) in [5, 5.41) is 7.51. The standard InChI is InChI=1S/C25H29N3O2S/c1-5-26-24(31)28-20-9-7-6-8-18(20)27-19-14-25(2,3)15-21(29)22(19)23(28)16-10-12-17(30-4)13-11-16/h6-13,23,27H,5,14-15H2,1-4H3,(H,26,31)/t23-/m0/s1. The zero-order valence-electron chi connectivity index (χ0n) is 18.5. The Labute approximate surface area is 189 Å². The number of hydrogen-bond donors (Lipinski definition) is 2. The Kier molecular flexibility index (Phi) is 5.75. The lowest BCUT2D eigenvalue weighted by Gasteiger charge is -2.38. The minimum Gasteiger partial charge on any atom is -0.497 e. The van der Waals surface area contributed by atoms with E-state index >= 15 is 0 Å². The fourth-order valence-corrected chi connectivity index (χ4v) is 4.90. The van der Waals surface area contributed by atoms with E-state index in [9.17, 15) is 4.79 Å². The van der Waals surface area contributed by atoms with Gasteiger partial charge in [-0.05, 0) is 60.8 Å². The normalized spacial score (nSPS) is 19.7. The summed E-state index contributed by atoms with van der Waals surface area (Å²) in [5.41, 5.74) is 4.59. The number of thiocarbonyl (C=S) groups is 1. The van der Waals surface area contributed by atoms with Crippen molar-refractivity contribution in [3.8, 4) is 5.75 Å². The number of nitrogens with one attached hydrogen (secondary N) is 2. The van der Waals surface area contributed by atoms with Gasteiger partial charge in [0.25, 0.3) is 0 Å². The molecular formula is C25H29N3O2S. The van der Waals surface area contributed by atoms with E-state index in [-0.39, 0.29) is 17.2 Å². The molecule has 1 atom stereocenters. The maximum absolute atomic E-state index is 13.6. The molecule has 1 aliphatic carbocycles. The van der Waals surface area contributed by atoms with Gasteiger partial charge in [0, 0.05) is 24.2 Å². The molecule has 0 saturated heterocycles. The second-order valence-electron chi connectivity index (χ2n) is 8.86. The van der Waals surface area contributed by atoms with Crippen LogP contribution in [0.4, 0.5) is 11.4 Å². The minimum atomic E-state index is -0.327. The third-order valence-electron chi connectivity index (χ3n) is 5.88. The summed E-state index contributed by atoms with van der Waals surface area (Å²) in [6.45, 7) is 7.02. The smallest absolute Gasteiger partial charge is 0.174 e. The van der Waals surface area contributed by atoms with Crippen LogP contribution in [0, 0.1) is 5.41 Å². The summed E-state index contributed by atoms with van der Waals surface area (Å²) in [7, 11) is 1.65. The molecular weight excluding hydrogens is 406 g/mol. The molecule has 1 heterocycles. The van der Waals surface area contributed by atoms with E-state index in [1.807, 2.05) is 49.4 Å². The van der Waals surface area contributed by atoms with E-state index in [1.54, 1.807) is 7.11 Å². The largest absolute Gasteiger partial charge is 0.497 e. The molecule has 1 aliphatic heterocycles. The number of carbonyl (C=O) groups excluding carboxylic acids is 1. The number of anilines is 2. The van der Waals surface area contributed by atoms with Gasteiger partial charge in [-0.25, -0.2) is 0 Å². The number of fused-ring (bicyclic) bond motifs is 1. The van der Waals surface area contributed by atoms with Crippen molar-refractivity contribution in [2.45, 2.75) is 39.7 Å². The fourth-order valence-electron chi connectivity index (χ4n) is 4.55. The number of carbonyl (C=O) groups is 1. The highest BCUT2D eigenvalue weighted by molar-refractivity contribution is 7.80. The summed E-state index contributed by atoms with van der Waals surface area (Å²) in [4.78, 5) is 15.7. The van der Waals surface area contributed by atoms with Crippen molar-refractivity contribution in [1.82, 2.24) is 5.32 Å². The first-order chi connectivity index (χ1) is 14.8. The summed E-state index contributed by atoms with van der Waals surface area (Å²) >= 11 is 5.84. The van der Waals surface area contributed by atoms with Gasteiger partial charge in [-0.2, -0.15) is 0 Å². The van der Waals surface area contributed by atoms with Gasteiger partial charge in [0.05, 0.1) is 24.5 Å². The van der Waals surface area contributed by atoms with E-state index in [2.05, 4.69) is 35.4 Å². The Morgan fingerprint density at radius 3 is 2.58 bits per heavy atom. The lowest BCUT2D eigenvalue weighted by Crippen LogP contribution is -2.44. The number of nitrogens with zero attached hydrogens (tertiary/aromatic N) is 1. The lowest BCUT2D eigenvalue weighted by molar-refractivity contribution is -0.118. The summed E-state index contributed by atoms with van der Waals surface area (Å²) in [6, 6.07) is 15.7. The molecule has 2 N–H and O–H groups in total. The predicted octanol–water partition coefficient (Wildman–Crippen LogP) is 5.21. The molecule has 0 amide bonds. The molecule has 0 saturated carbocycles. The molecule has 0 radical (unpaired) electrons. The number of ether oxygens (including phenoxy) is 1. The van der Waals surface area contributed by atoms with E-state index in [0.717, 1.165) is 40.4 Å². The Morgan fingerprint density at radius 2 is 1.90 bits per heavy atom. The van der Waals surface area contributed by atoms with Crippen LogP contribution in [0.25, 0.3) is 0 Å². The summed E-state index contributed by atoms with van der Waals surface area (Å²) in [6.07, 6.45) is 1.31. The molecule has 6 heteroatoms. The maximum Gasteiger partial charge on any atom is 0.174 e. The number of rotatable bonds is 3. The average Bonchev–Trinajstić information content (AvgIpc) is 2.87. The van der Waals surface area contributed by atoms with Crippen molar-refractivity contribution in [2.24, 2.45) is 5.41 Å². The highest BCUT2D eigenvalue weighted by Crippen LogP contribution is 2.48. The van der Waals surface area contributed by atoms with Crippen LogP contribution in [0.3, 0.4) is 0 Å². The molecule has 4 rings (SSSR count). The predicted molar refractivity (Wildman–Crippen MR) is 130 cm³/mol. The number of ketones is 1. The molecule has 2 aliphatic rings. The van der Waals surface area contributed by atoms with Gasteiger partial charge in [-0.15, -0.1) is 0 Å². The molecule has 2 aromatic carbocycles. The Hall–Kier alpha value is -2.86. The first kappa shape index (κ1) is 21.4. The van der Waals surface area contributed by atoms with E-state index in [1.165, 1.54) is 0 Å². The van der Waals surface area contributed by atoms with Crippen LogP contribution < -0.4 is 20.3 Å². The average molecular weight is 436 g/mol. The molecule has 2 aromatic rings. The molecule has 162 valence electrons. The summed E-state index contributed by atoms with van der Waals surface area (Å²) < 4.78 is 5.36. The lowest BCUT2D eigenvalue weighted by atomic mass is 9.73. The quantitative estimate of drug-likeness (QED) is 0.646. The van der Waals surface area contributed by atoms with Gasteiger partial charge in [0.2, 0.25) is 0 Å². The Morgan fingerprint density at radius 1 is 1.19 bits per heavy atom. The van der Waals surface area contributed by atoms with Crippen molar-refractivity contribution in [2.75, 3.05) is 23.9 Å². The van der Waals surface area contributed by atoms with Crippen LogP contribution in [-0.4, -0.2) is 24.6 Å². The topological polar surface area (TPSA) is 53.6 Å². The van der Waals surface area contributed by atoms with E-state index < -0.39 is 0 Å². The number of para-hydroxylation sites is 2. The molecule has 0 aromatic heterocycles. The van der Waals surface area contributed by atoms with Crippen LogP contribution in [0.15, 0.2) is 59.8 Å². The van der Waals surface area contributed by atoms with Crippen LogP contribution >= 0.6 is 12.2 Å². The van der Waals surface area contributed by atoms with Crippen LogP contribution in [0.1, 0.15) is 45.2 Å². The van der Waals surface area contributed by atoms with Crippen molar-refractivity contribution in [3.05, 3.63) is 65.4 Å². The van der Waals surface area contributed by atoms with Gasteiger partial charge in [-0.3, -0.25) is 4.79 Å². The molecule has 0 bridgehead atoms. The zero-order valence-corrected chi connectivity index (χ0v) is 19.3. The van der Waals surface area contributed by atoms with Gasteiger partial charge in [-0.1, -0.05) is 38.1 Å². The highest BCUT2D eigenvalue weighted by atomic mass is 32.1. The van der Waals surface area contributed by atoms with Gasteiger partial charge in [0.15, 0.2) is 10.9 Å². The maximum atomic E-state index is 13.6. The summed E-state index contributed by atoms with van der Waals surface area (Å²) in [5.74, 6) is 0.943. The van der Waals surface area contributed by atoms with Gasteiger partial charge < -0.3 is 20.3 Å². The van der Waals surface area contributed by atoms with Gasteiger partial charge in [0.1, 0.15) is 5.75 Å². The molecule has 0 spiro atoms. The molecule has 5 nitrogen and oxygen atoms in total. The second kappa shape index (κ2) is 8.35. The van der Waals surface area contributed by atoms with Crippen molar-refractivity contribution >= 4 is 34.5 Å². The van der Waals surface area contributed by atoms with Crippen LogP contribution in [-0.2, 0) is 4.79 Å².